The molecule has 0 saturated carbocycles. The summed E-state index contributed by atoms with van der Waals surface area (Å²) in [5.41, 5.74) is 25.7. The highest BCUT2D eigenvalue weighted by Crippen LogP contribution is 2.54. The molecule has 0 N–H and O–H groups in total. The highest BCUT2D eigenvalue weighted by Gasteiger charge is 2.31. The van der Waals surface area contributed by atoms with Crippen LogP contribution in [0.2, 0.25) is 0 Å². The fourth-order valence-electron chi connectivity index (χ4n) is 14.7. The fraction of sp³-hybridized carbons (Fsp3) is 0.0930. The molecule has 0 spiro atoms. The molecule has 17 rings (SSSR count). The summed E-state index contributed by atoms with van der Waals surface area (Å²) in [6.45, 7) is 13.9. The average Bonchev–Trinajstić information content (AvgIpc) is 1.52. The normalized spacial score (nSPS) is 12.3. The predicted molar refractivity (Wildman–Crippen MR) is 384 cm³/mol. The Labute approximate surface area is 525 Å². The molecule has 0 bridgehead atoms. The quantitative estimate of drug-likeness (QED) is 0.136. The van der Waals surface area contributed by atoms with Gasteiger partial charge in [-0.1, -0.05) is 260 Å². The third-order valence-corrected chi connectivity index (χ3v) is 19.0. The van der Waals surface area contributed by atoms with Gasteiger partial charge in [0, 0.05) is 65.6 Å². The number of hydrogen-bond acceptors (Lipinski definition) is 2. The molecule has 4 nitrogen and oxygen atoms in total. The number of rotatable bonds is 10. The molecule has 0 aliphatic rings. The van der Waals surface area contributed by atoms with E-state index in [1.165, 1.54) is 132 Å². The van der Waals surface area contributed by atoms with Gasteiger partial charge in [-0.05, 0) is 128 Å². The van der Waals surface area contributed by atoms with Crippen LogP contribution in [-0.4, -0.2) is 8.80 Å². The highest BCUT2D eigenvalue weighted by atomic mass is 15.2. The van der Waals surface area contributed by atoms with E-state index in [1.54, 1.807) is 0 Å². The molecular weight excluding hydrogens is 1090 g/mol. The lowest BCUT2D eigenvalue weighted by Gasteiger charge is -2.31. The lowest BCUT2D eigenvalue weighted by molar-refractivity contribution is 0.590. The fourth-order valence-corrected chi connectivity index (χ4v) is 14.7. The van der Waals surface area contributed by atoms with E-state index in [0.29, 0.717) is 0 Å². The van der Waals surface area contributed by atoms with E-state index in [-0.39, 0.29) is 10.8 Å². The van der Waals surface area contributed by atoms with Crippen molar-refractivity contribution < 1.29 is 0 Å². The van der Waals surface area contributed by atoms with E-state index in [2.05, 4.69) is 351 Å². The van der Waals surface area contributed by atoms with Crippen LogP contribution in [-0.2, 0) is 10.8 Å². The van der Waals surface area contributed by atoms with Gasteiger partial charge >= 0.3 is 0 Å². The number of aromatic nitrogens is 2. The SMILES string of the molecule is CC(C)(C)c1ccc(-c2ccccc2)c(N(c2cccc(-c3ccccc3)c2)c2ccc3c4cc5c(cc4n4c6ccccc6c2c34)c2ccc(N(c3cccc(-c4ccccc4)c3)c3cc(C(C)(C)C)ccc3-c3ccccc3)c3c4ccccc4n5c23)c1. The summed E-state index contributed by atoms with van der Waals surface area (Å²) in [7, 11) is 0. The molecule has 4 heterocycles. The molecule has 430 valence electrons. The Balaban J connectivity index is 0.941. The number of nitrogens with zero attached hydrogens (tertiary/aromatic N) is 4. The van der Waals surface area contributed by atoms with Gasteiger partial charge in [0.15, 0.2) is 0 Å². The lowest BCUT2D eigenvalue weighted by Crippen LogP contribution is -2.16. The average molecular weight is 1160 g/mol. The first-order chi connectivity index (χ1) is 43.9. The second-order valence-corrected chi connectivity index (χ2v) is 26.5. The van der Waals surface area contributed by atoms with Crippen LogP contribution in [0.25, 0.3) is 121 Å². The summed E-state index contributed by atoms with van der Waals surface area (Å²) in [5.74, 6) is 0. The van der Waals surface area contributed by atoms with Crippen LogP contribution in [0.3, 0.4) is 0 Å². The van der Waals surface area contributed by atoms with Crippen molar-refractivity contribution in [3.05, 3.63) is 302 Å². The molecule has 13 aromatic carbocycles. The maximum atomic E-state index is 2.58. The molecule has 90 heavy (non-hydrogen) atoms. The van der Waals surface area contributed by atoms with E-state index in [9.17, 15) is 0 Å². The van der Waals surface area contributed by atoms with Gasteiger partial charge in [0.05, 0.1) is 55.8 Å². The van der Waals surface area contributed by atoms with Gasteiger partial charge in [0.2, 0.25) is 0 Å². The predicted octanol–water partition coefficient (Wildman–Crippen LogP) is 24.2. The van der Waals surface area contributed by atoms with Crippen molar-refractivity contribution in [1.29, 1.82) is 0 Å². The van der Waals surface area contributed by atoms with Crippen LogP contribution in [0.4, 0.5) is 34.1 Å². The number of anilines is 6. The van der Waals surface area contributed by atoms with Crippen molar-refractivity contribution in [3.8, 4) is 44.5 Å². The highest BCUT2D eigenvalue weighted by molar-refractivity contribution is 6.32. The number of fused-ring (bicyclic) bond motifs is 12. The van der Waals surface area contributed by atoms with Crippen molar-refractivity contribution in [2.45, 2.75) is 52.4 Å². The summed E-state index contributed by atoms with van der Waals surface area (Å²) < 4.78 is 5.15. The van der Waals surface area contributed by atoms with Crippen LogP contribution < -0.4 is 9.80 Å². The summed E-state index contributed by atoms with van der Waals surface area (Å²) in [5, 5.41) is 9.82. The topological polar surface area (TPSA) is 15.3 Å². The summed E-state index contributed by atoms with van der Waals surface area (Å²) in [6, 6.07) is 109. The molecule has 0 saturated heterocycles. The molecule has 4 heteroatoms. The second kappa shape index (κ2) is 20.3. The Morgan fingerprint density at radius 1 is 0.244 bits per heavy atom. The van der Waals surface area contributed by atoms with Crippen molar-refractivity contribution in [2.75, 3.05) is 9.80 Å². The molecule has 0 fully saturated rings. The molecular formula is C86H66N4. The van der Waals surface area contributed by atoms with Crippen LogP contribution in [0.5, 0.6) is 0 Å². The molecule has 0 radical (unpaired) electrons. The van der Waals surface area contributed by atoms with E-state index in [1.807, 2.05) is 0 Å². The van der Waals surface area contributed by atoms with Crippen molar-refractivity contribution in [3.63, 3.8) is 0 Å². The van der Waals surface area contributed by atoms with Crippen molar-refractivity contribution >= 4 is 110 Å². The summed E-state index contributed by atoms with van der Waals surface area (Å²) in [4.78, 5) is 5.12. The smallest absolute Gasteiger partial charge is 0.0641 e. The number of para-hydroxylation sites is 2. The minimum absolute atomic E-state index is 0.101. The maximum Gasteiger partial charge on any atom is 0.0641 e. The summed E-state index contributed by atoms with van der Waals surface area (Å²) >= 11 is 0. The minimum Gasteiger partial charge on any atom is -0.309 e. The maximum absolute atomic E-state index is 2.58. The molecule has 0 atom stereocenters. The molecule has 0 aliphatic carbocycles. The molecule has 0 amide bonds. The zero-order valence-corrected chi connectivity index (χ0v) is 51.5. The van der Waals surface area contributed by atoms with Gasteiger partial charge in [-0.2, -0.15) is 0 Å². The minimum atomic E-state index is -0.101. The van der Waals surface area contributed by atoms with E-state index in [0.717, 1.165) is 34.1 Å². The Morgan fingerprint density at radius 3 is 0.989 bits per heavy atom. The molecule has 0 aliphatic heterocycles. The van der Waals surface area contributed by atoms with Crippen molar-refractivity contribution in [1.82, 2.24) is 8.80 Å². The van der Waals surface area contributed by atoms with Gasteiger partial charge in [-0.3, -0.25) is 0 Å². The van der Waals surface area contributed by atoms with Gasteiger partial charge in [-0.25, -0.2) is 0 Å². The number of hydrogen-bond donors (Lipinski definition) is 0. The Bertz CT molecular complexity index is 5260. The summed E-state index contributed by atoms with van der Waals surface area (Å²) in [6.07, 6.45) is 0. The van der Waals surface area contributed by atoms with Crippen molar-refractivity contribution in [2.24, 2.45) is 0 Å². The van der Waals surface area contributed by atoms with Crippen LogP contribution >= 0.6 is 0 Å². The lowest BCUT2D eigenvalue weighted by atomic mass is 9.85. The largest absolute Gasteiger partial charge is 0.309 e. The van der Waals surface area contributed by atoms with Crippen LogP contribution in [0.1, 0.15) is 52.7 Å². The zero-order chi connectivity index (χ0) is 60.6. The molecule has 17 aromatic rings. The zero-order valence-electron chi connectivity index (χ0n) is 51.5. The monoisotopic (exact) mass is 1150 g/mol. The Morgan fingerprint density at radius 2 is 0.600 bits per heavy atom. The first-order valence-corrected chi connectivity index (χ1v) is 31.6. The van der Waals surface area contributed by atoms with Crippen LogP contribution in [0, 0.1) is 0 Å². The first-order valence-electron chi connectivity index (χ1n) is 31.6. The Hall–Kier alpha value is -10.9. The third kappa shape index (κ3) is 8.35. The van der Waals surface area contributed by atoms with Gasteiger partial charge in [-0.15, -0.1) is 0 Å². The third-order valence-electron chi connectivity index (χ3n) is 19.0. The van der Waals surface area contributed by atoms with Gasteiger partial charge in [0.25, 0.3) is 0 Å². The van der Waals surface area contributed by atoms with Gasteiger partial charge in [0.1, 0.15) is 0 Å². The number of benzene rings is 13. The standard InChI is InChI=1S/C86H66N4/c1-85(2,3)61-41-43-65(57-29-15-9-16-30-57)77(51-61)87(63-35-23-33-59(49-63)55-25-11-7-12-26-55)75-47-45-67-71-53-80-72(54-79(71)89-73-39-21-19-37-69(73)81(75)83(67)89)68-46-48-76(82-70-38-20-22-40-74(70)90(80)84(68)82)88(64-36-24-34-60(50-64)56-27-13-8-14-28-56)78-52-62(86(4,5)6)42-44-66(78)58-31-17-10-18-32-58/h7-54H,1-6H3. The van der Waals surface area contributed by atoms with E-state index >= 15 is 0 Å². The first kappa shape index (κ1) is 53.3. The van der Waals surface area contributed by atoms with Crippen LogP contribution in [0.15, 0.2) is 291 Å². The second-order valence-electron chi connectivity index (χ2n) is 26.5. The van der Waals surface area contributed by atoms with Gasteiger partial charge < -0.3 is 18.6 Å². The molecule has 0 unspecified atom stereocenters. The van der Waals surface area contributed by atoms with E-state index in [4.69, 9.17) is 0 Å². The molecule has 4 aromatic heterocycles. The van der Waals surface area contributed by atoms with E-state index < -0.39 is 0 Å². The Kier molecular flexibility index (Phi) is 12.0.